The van der Waals surface area contributed by atoms with Crippen LogP contribution in [-0.2, 0) is 16.0 Å². The maximum Gasteiger partial charge on any atom is 0.317 e. The van der Waals surface area contributed by atoms with Gasteiger partial charge in [0.1, 0.15) is 6.23 Å². The molecule has 0 saturated carbocycles. The van der Waals surface area contributed by atoms with E-state index in [1.807, 2.05) is 30.3 Å². The maximum absolute atomic E-state index is 11.9. The second kappa shape index (κ2) is 10.7. The lowest BCUT2D eigenvalue weighted by Gasteiger charge is -2.18. The van der Waals surface area contributed by atoms with Crippen LogP contribution in [-0.4, -0.2) is 72.5 Å². The fourth-order valence-corrected chi connectivity index (χ4v) is 2.09. The standard InChI is InChI=1S/C16H26N4O4/c1-20(11-15(22)23)8-7-18-14(21)10-19-16(24)13(17)9-12-5-3-2-4-6-12/h2-6,13-14,18,21H,7-11,17H2,1H3,(H,19,24)(H,22,23)/t13-,14?/m0/s1. The normalized spacial score (nSPS) is 13.5. The number of aliphatic hydroxyl groups is 1. The number of likely N-dealkylation sites (N-methyl/N-ethyl adjacent to an activating group) is 1. The minimum absolute atomic E-state index is 0.0317. The van der Waals surface area contributed by atoms with Gasteiger partial charge in [-0.15, -0.1) is 0 Å². The summed E-state index contributed by atoms with van der Waals surface area (Å²) in [5, 5.41) is 23.8. The van der Waals surface area contributed by atoms with Crippen molar-refractivity contribution in [3.05, 3.63) is 35.9 Å². The molecule has 0 saturated heterocycles. The van der Waals surface area contributed by atoms with Crippen LogP contribution in [0.2, 0.25) is 0 Å². The van der Waals surface area contributed by atoms with Crippen LogP contribution in [0.4, 0.5) is 0 Å². The van der Waals surface area contributed by atoms with Gasteiger partial charge in [-0.05, 0) is 19.0 Å². The van der Waals surface area contributed by atoms with E-state index in [2.05, 4.69) is 10.6 Å². The molecule has 1 aromatic carbocycles. The molecule has 0 bridgehead atoms. The van der Waals surface area contributed by atoms with Crippen molar-refractivity contribution in [3.63, 3.8) is 0 Å². The van der Waals surface area contributed by atoms with Gasteiger partial charge in [-0.2, -0.15) is 0 Å². The highest BCUT2D eigenvalue weighted by molar-refractivity contribution is 5.81. The quantitative estimate of drug-likeness (QED) is 0.314. The number of carbonyl (C=O) groups excluding carboxylic acids is 1. The third-order valence-electron chi connectivity index (χ3n) is 3.38. The molecule has 6 N–H and O–H groups in total. The van der Waals surface area contributed by atoms with Crippen molar-refractivity contribution in [2.75, 3.05) is 33.2 Å². The molecule has 8 nitrogen and oxygen atoms in total. The summed E-state index contributed by atoms with van der Waals surface area (Å²) in [5.41, 5.74) is 6.82. The summed E-state index contributed by atoms with van der Waals surface area (Å²) in [6.07, 6.45) is -0.494. The number of benzene rings is 1. The lowest BCUT2D eigenvalue weighted by molar-refractivity contribution is -0.138. The van der Waals surface area contributed by atoms with Crippen LogP contribution >= 0.6 is 0 Å². The maximum atomic E-state index is 11.9. The molecule has 0 heterocycles. The number of hydrogen-bond donors (Lipinski definition) is 5. The number of carbonyl (C=O) groups is 2. The fourth-order valence-electron chi connectivity index (χ4n) is 2.09. The molecule has 0 radical (unpaired) electrons. The van der Waals surface area contributed by atoms with Crippen LogP contribution in [0.25, 0.3) is 0 Å². The molecule has 0 aliphatic rings. The van der Waals surface area contributed by atoms with Crippen LogP contribution in [0.1, 0.15) is 5.56 Å². The van der Waals surface area contributed by atoms with Gasteiger partial charge < -0.3 is 21.3 Å². The third-order valence-corrected chi connectivity index (χ3v) is 3.38. The molecule has 8 heteroatoms. The molecular weight excluding hydrogens is 312 g/mol. The number of aliphatic carboxylic acids is 1. The van der Waals surface area contributed by atoms with Gasteiger partial charge in [-0.25, -0.2) is 0 Å². The SMILES string of the molecule is CN(CCNC(O)CNC(=O)[C@@H](N)Cc1ccccc1)CC(=O)O. The van der Waals surface area contributed by atoms with Crippen LogP contribution in [0, 0.1) is 0 Å². The number of carboxylic acids is 1. The minimum Gasteiger partial charge on any atom is -0.480 e. The number of aliphatic hydroxyl groups excluding tert-OH is 1. The average molecular weight is 338 g/mol. The van der Waals surface area contributed by atoms with Gasteiger partial charge >= 0.3 is 5.97 Å². The highest BCUT2D eigenvalue weighted by Crippen LogP contribution is 2.01. The summed E-state index contributed by atoms with van der Waals surface area (Å²) in [6, 6.07) is 8.78. The molecule has 1 rings (SSSR count). The van der Waals surface area contributed by atoms with Crippen molar-refractivity contribution < 1.29 is 19.8 Å². The summed E-state index contributed by atoms with van der Waals surface area (Å²) in [7, 11) is 1.67. The van der Waals surface area contributed by atoms with Crippen LogP contribution in [0.15, 0.2) is 30.3 Å². The highest BCUT2D eigenvalue weighted by Gasteiger charge is 2.15. The molecule has 2 atom stereocenters. The molecular formula is C16H26N4O4. The van der Waals surface area contributed by atoms with Crippen molar-refractivity contribution in [3.8, 4) is 0 Å². The smallest absolute Gasteiger partial charge is 0.317 e. The molecule has 0 aromatic heterocycles. The number of amides is 1. The predicted molar refractivity (Wildman–Crippen MR) is 90.3 cm³/mol. The third kappa shape index (κ3) is 8.59. The monoisotopic (exact) mass is 338 g/mol. The van der Waals surface area contributed by atoms with Crippen LogP contribution < -0.4 is 16.4 Å². The number of rotatable bonds is 11. The van der Waals surface area contributed by atoms with E-state index >= 15 is 0 Å². The van der Waals surface area contributed by atoms with E-state index in [1.165, 1.54) is 0 Å². The number of nitrogens with zero attached hydrogens (tertiary/aromatic N) is 1. The molecule has 0 fully saturated rings. The zero-order chi connectivity index (χ0) is 17.9. The predicted octanol–water partition coefficient (Wildman–Crippen LogP) is -1.40. The van der Waals surface area contributed by atoms with Gasteiger partial charge in [-0.1, -0.05) is 30.3 Å². The van der Waals surface area contributed by atoms with Gasteiger partial charge in [0.05, 0.1) is 19.1 Å². The summed E-state index contributed by atoms with van der Waals surface area (Å²) >= 11 is 0. The summed E-state index contributed by atoms with van der Waals surface area (Å²) in [5.74, 6) is -1.24. The Labute approximate surface area is 141 Å². The van der Waals surface area contributed by atoms with E-state index in [0.717, 1.165) is 5.56 Å². The zero-order valence-corrected chi connectivity index (χ0v) is 13.8. The Hall–Kier alpha value is -2.00. The first kappa shape index (κ1) is 20.0. The Bertz CT molecular complexity index is 512. The molecule has 134 valence electrons. The number of nitrogens with one attached hydrogen (secondary N) is 2. The Morgan fingerprint density at radius 3 is 2.58 bits per heavy atom. The zero-order valence-electron chi connectivity index (χ0n) is 13.8. The molecule has 1 aromatic rings. The van der Waals surface area contributed by atoms with Gasteiger partial charge in [-0.3, -0.25) is 19.8 Å². The number of nitrogens with two attached hydrogens (primary N) is 1. The van der Waals surface area contributed by atoms with E-state index in [9.17, 15) is 14.7 Å². The van der Waals surface area contributed by atoms with Crippen LogP contribution in [0.5, 0.6) is 0 Å². The van der Waals surface area contributed by atoms with Crippen molar-refractivity contribution >= 4 is 11.9 Å². The number of carboxylic acid groups (broad SMARTS) is 1. The first-order valence-corrected chi connectivity index (χ1v) is 7.77. The summed E-state index contributed by atoms with van der Waals surface area (Å²) in [4.78, 5) is 24.0. The van der Waals surface area contributed by atoms with Crippen molar-refractivity contribution in [2.45, 2.75) is 18.7 Å². The van der Waals surface area contributed by atoms with Crippen molar-refractivity contribution in [2.24, 2.45) is 5.73 Å². The molecule has 0 spiro atoms. The molecule has 1 amide bonds. The highest BCUT2D eigenvalue weighted by atomic mass is 16.4. The van der Waals surface area contributed by atoms with Gasteiger partial charge in [0.25, 0.3) is 0 Å². The van der Waals surface area contributed by atoms with Crippen LogP contribution in [0.3, 0.4) is 0 Å². The molecule has 0 aliphatic heterocycles. The Balaban J connectivity index is 2.19. The van der Waals surface area contributed by atoms with E-state index in [0.29, 0.717) is 19.5 Å². The van der Waals surface area contributed by atoms with E-state index in [4.69, 9.17) is 10.8 Å². The molecule has 24 heavy (non-hydrogen) atoms. The first-order valence-electron chi connectivity index (χ1n) is 7.77. The second-order valence-electron chi connectivity index (χ2n) is 5.64. The fraction of sp³-hybridized carbons (Fsp3) is 0.500. The Kier molecular flexibility index (Phi) is 8.95. The second-order valence-corrected chi connectivity index (χ2v) is 5.64. The topological polar surface area (TPSA) is 128 Å². The summed E-state index contributed by atoms with van der Waals surface area (Å²) < 4.78 is 0. The summed E-state index contributed by atoms with van der Waals surface area (Å²) in [6.45, 7) is 0.828. The van der Waals surface area contributed by atoms with E-state index in [-0.39, 0.29) is 19.0 Å². The van der Waals surface area contributed by atoms with Crippen molar-refractivity contribution in [1.29, 1.82) is 0 Å². The van der Waals surface area contributed by atoms with E-state index < -0.39 is 18.2 Å². The lowest BCUT2D eigenvalue weighted by Crippen LogP contribution is -2.48. The van der Waals surface area contributed by atoms with Gasteiger partial charge in [0, 0.05) is 13.1 Å². The Morgan fingerprint density at radius 2 is 1.96 bits per heavy atom. The molecule has 1 unspecified atom stereocenters. The minimum atomic E-state index is -0.920. The average Bonchev–Trinajstić information content (AvgIpc) is 2.52. The van der Waals surface area contributed by atoms with E-state index in [1.54, 1.807) is 11.9 Å². The number of hydrogen-bond acceptors (Lipinski definition) is 6. The molecule has 0 aliphatic carbocycles. The first-order chi connectivity index (χ1) is 11.4. The Morgan fingerprint density at radius 1 is 1.29 bits per heavy atom. The van der Waals surface area contributed by atoms with Gasteiger partial charge in [0.2, 0.25) is 5.91 Å². The van der Waals surface area contributed by atoms with Crippen molar-refractivity contribution in [1.82, 2.24) is 15.5 Å². The lowest BCUT2D eigenvalue weighted by atomic mass is 10.1. The largest absolute Gasteiger partial charge is 0.480 e. The van der Waals surface area contributed by atoms with Gasteiger partial charge in [0.15, 0.2) is 0 Å².